The monoisotopic (exact) mass is 226 g/mol. The molecule has 0 amide bonds. The fourth-order valence-corrected chi connectivity index (χ4v) is 2.56. The molecule has 1 aliphatic heterocycles. The van der Waals surface area contributed by atoms with E-state index >= 15 is 0 Å². The predicted molar refractivity (Wildman–Crippen MR) is 66.9 cm³/mol. The van der Waals surface area contributed by atoms with Gasteiger partial charge in [0, 0.05) is 6.42 Å². The molecule has 0 spiro atoms. The fraction of sp³-hybridized carbons (Fsp3) is 0.267. The van der Waals surface area contributed by atoms with Gasteiger partial charge in [0.2, 0.25) is 0 Å². The topological polar surface area (TPSA) is 26.3 Å². The number of hydrogen-bond donors (Lipinski definition) is 0. The largest absolute Gasteiger partial charge is 0.465 e. The highest BCUT2D eigenvalue weighted by atomic mass is 16.5. The van der Waals surface area contributed by atoms with E-state index in [2.05, 4.69) is 18.2 Å². The number of benzene rings is 2. The average Bonchev–Trinajstić information content (AvgIpc) is 2.70. The van der Waals surface area contributed by atoms with E-state index in [1.54, 1.807) is 0 Å². The third-order valence-corrected chi connectivity index (χ3v) is 3.67. The van der Waals surface area contributed by atoms with E-state index in [9.17, 15) is 4.79 Å². The second-order valence-electron chi connectivity index (χ2n) is 4.74. The number of hydrogen-bond acceptors (Lipinski definition) is 2. The van der Waals surface area contributed by atoms with Gasteiger partial charge in [-0.05, 0) is 23.3 Å². The molecule has 0 N–H and O–H groups in total. The molecule has 0 bridgehead atoms. The Labute approximate surface area is 100 Å². The van der Waals surface area contributed by atoms with Crippen LogP contribution in [0.25, 0.3) is 10.8 Å². The lowest BCUT2D eigenvalue weighted by atomic mass is 9.79. The number of ether oxygens (including phenoxy) is 1. The van der Waals surface area contributed by atoms with E-state index in [4.69, 9.17) is 4.74 Å². The first-order chi connectivity index (χ1) is 8.22. The van der Waals surface area contributed by atoms with Crippen LogP contribution in [0.1, 0.15) is 18.9 Å². The predicted octanol–water partition coefficient (Wildman–Crippen LogP) is 3.04. The number of rotatable bonds is 1. The summed E-state index contributed by atoms with van der Waals surface area (Å²) >= 11 is 0. The molecule has 0 saturated carbocycles. The van der Waals surface area contributed by atoms with E-state index in [0.717, 1.165) is 17.4 Å². The minimum Gasteiger partial charge on any atom is -0.465 e. The standard InChI is InChI=1S/C15H14O2/c1-15(9-10-17-14(15)16)13-8-4-6-11-5-2-3-7-12(11)13/h2-8H,9-10H2,1H3/t15-/m0/s1. The molecule has 0 radical (unpaired) electrons. The Bertz CT molecular complexity index is 583. The number of carbonyl (C=O) groups is 1. The van der Waals surface area contributed by atoms with Crippen LogP contribution in [0, 0.1) is 0 Å². The third-order valence-electron chi connectivity index (χ3n) is 3.67. The summed E-state index contributed by atoms with van der Waals surface area (Å²) in [6, 6.07) is 14.3. The van der Waals surface area contributed by atoms with Crippen molar-refractivity contribution in [2.45, 2.75) is 18.8 Å². The molecular formula is C15H14O2. The lowest BCUT2D eigenvalue weighted by molar-refractivity contribution is -0.142. The Morgan fingerprint density at radius 2 is 1.88 bits per heavy atom. The Morgan fingerprint density at radius 1 is 1.12 bits per heavy atom. The van der Waals surface area contributed by atoms with Crippen molar-refractivity contribution in [1.29, 1.82) is 0 Å². The maximum absolute atomic E-state index is 11.9. The zero-order valence-electron chi connectivity index (χ0n) is 9.77. The minimum atomic E-state index is -0.485. The van der Waals surface area contributed by atoms with Gasteiger partial charge >= 0.3 is 5.97 Å². The third kappa shape index (κ3) is 1.44. The molecule has 2 aromatic carbocycles. The summed E-state index contributed by atoms with van der Waals surface area (Å²) in [5.74, 6) is -0.103. The van der Waals surface area contributed by atoms with Crippen molar-refractivity contribution < 1.29 is 9.53 Å². The number of carbonyl (C=O) groups excluding carboxylic acids is 1. The summed E-state index contributed by atoms with van der Waals surface area (Å²) in [4.78, 5) is 11.9. The second-order valence-corrected chi connectivity index (χ2v) is 4.74. The van der Waals surface area contributed by atoms with Crippen molar-refractivity contribution >= 4 is 16.7 Å². The maximum atomic E-state index is 11.9. The molecule has 3 rings (SSSR count). The van der Waals surface area contributed by atoms with Gasteiger partial charge in [0.05, 0.1) is 12.0 Å². The second kappa shape index (κ2) is 3.59. The van der Waals surface area contributed by atoms with Crippen molar-refractivity contribution in [3.05, 3.63) is 48.0 Å². The summed E-state index contributed by atoms with van der Waals surface area (Å²) in [5.41, 5.74) is 0.596. The van der Waals surface area contributed by atoms with Crippen LogP contribution < -0.4 is 0 Å². The maximum Gasteiger partial charge on any atom is 0.316 e. The zero-order valence-corrected chi connectivity index (χ0v) is 9.77. The van der Waals surface area contributed by atoms with Gasteiger partial charge in [0.1, 0.15) is 0 Å². The molecule has 1 saturated heterocycles. The van der Waals surface area contributed by atoms with E-state index < -0.39 is 5.41 Å². The average molecular weight is 226 g/mol. The van der Waals surface area contributed by atoms with Crippen molar-refractivity contribution in [2.24, 2.45) is 0 Å². The van der Waals surface area contributed by atoms with Crippen LogP contribution >= 0.6 is 0 Å². The van der Waals surface area contributed by atoms with Crippen LogP contribution in [0.15, 0.2) is 42.5 Å². The number of fused-ring (bicyclic) bond motifs is 1. The molecular weight excluding hydrogens is 212 g/mol. The Kier molecular flexibility index (Phi) is 2.18. The molecule has 17 heavy (non-hydrogen) atoms. The van der Waals surface area contributed by atoms with Crippen LogP contribution in [0.2, 0.25) is 0 Å². The smallest absolute Gasteiger partial charge is 0.316 e. The van der Waals surface area contributed by atoms with Crippen LogP contribution in [0.3, 0.4) is 0 Å². The normalized spacial score (nSPS) is 23.9. The fourth-order valence-electron chi connectivity index (χ4n) is 2.56. The van der Waals surface area contributed by atoms with Gasteiger partial charge in [-0.2, -0.15) is 0 Å². The molecule has 2 heteroatoms. The van der Waals surface area contributed by atoms with Crippen molar-refractivity contribution in [3.63, 3.8) is 0 Å². The summed E-state index contributed by atoms with van der Waals surface area (Å²) < 4.78 is 5.13. The Hall–Kier alpha value is -1.83. The van der Waals surface area contributed by atoms with E-state index in [1.165, 1.54) is 5.39 Å². The van der Waals surface area contributed by atoms with Crippen LogP contribution in [0.5, 0.6) is 0 Å². The molecule has 0 unspecified atom stereocenters. The van der Waals surface area contributed by atoms with Gasteiger partial charge in [0.15, 0.2) is 0 Å². The summed E-state index contributed by atoms with van der Waals surface area (Å²) in [5, 5.41) is 2.32. The van der Waals surface area contributed by atoms with Crippen LogP contribution in [0.4, 0.5) is 0 Å². The molecule has 2 nitrogen and oxygen atoms in total. The first-order valence-electron chi connectivity index (χ1n) is 5.87. The zero-order chi connectivity index (χ0) is 11.9. The molecule has 2 aromatic rings. The van der Waals surface area contributed by atoms with Gasteiger partial charge in [-0.1, -0.05) is 42.5 Å². The first-order valence-corrected chi connectivity index (χ1v) is 5.87. The van der Waals surface area contributed by atoms with Crippen LogP contribution in [-0.4, -0.2) is 12.6 Å². The summed E-state index contributed by atoms with van der Waals surface area (Å²) in [7, 11) is 0. The minimum absolute atomic E-state index is 0.103. The highest BCUT2D eigenvalue weighted by Crippen LogP contribution is 2.37. The summed E-state index contributed by atoms with van der Waals surface area (Å²) in [6.45, 7) is 2.50. The molecule has 86 valence electrons. The molecule has 1 fully saturated rings. The molecule has 1 atom stereocenters. The van der Waals surface area contributed by atoms with Gasteiger partial charge in [-0.25, -0.2) is 0 Å². The lowest BCUT2D eigenvalue weighted by Gasteiger charge is -2.21. The van der Waals surface area contributed by atoms with Crippen molar-refractivity contribution in [2.75, 3.05) is 6.61 Å². The molecule has 1 heterocycles. The highest BCUT2D eigenvalue weighted by Gasteiger charge is 2.42. The number of esters is 1. The van der Waals surface area contributed by atoms with Gasteiger partial charge in [-0.3, -0.25) is 4.79 Å². The summed E-state index contributed by atoms with van der Waals surface area (Å²) in [6.07, 6.45) is 0.764. The van der Waals surface area contributed by atoms with E-state index in [-0.39, 0.29) is 5.97 Å². The Morgan fingerprint density at radius 3 is 2.65 bits per heavy atom. The van der Waals surface area contributed by atoms with Gasteiger partial charge in [0.25, 0.3) is 0 Å². The van der Waals surface area contributed by atoms with Gasteiger partial charge < -0.3 is 4.74 Å². The van der Waals surface area contributed by atoms with E-state index in [0.29, 0.717) is 6.61 Å². The Balaban J connectivity index is 2.27. The SMILES string of the molecule is C[C@@]1(c2cccc3ccccc23)CCOC1=O. The molecule has 0 aliphatic carbocycles. The van der Waals surface area contributed by atoms with Crippen LogP contribution in [-0.2, 0) is 14.9 Å². The lowest BCUT2D eigenvalue weighted by Crippen LogP contribution is -2.27. The van der Waals surface area contributed by atoms with Gasteiger partial charge in [-0.15, -0.1) is 0 Å². The van der Waals surface area contributed by atoms with Crippen molar-refractivity contribution in [3.8, 4) is 0 Å². The number of cyclic esters (lactones) is 1. The molecule has 0 aromatic heterocycles. The quantitative estimate of drug-likeness (QED) is 0.698. The molecule has 1 aliphatic rings. The highest BCUT2D eigenvalue weighted by molar-refractivity contribution is 5.94. The van der Waals surface area contributed by atoms with E-state index in [1.807, 2.05) is 31.2 Å². The van der Waals surface area contributed by atoms with Crippen molar-refractivity contribution in [1.82, 2.24) is 0 Å². The first kappa shape index (κ1) is 10.3.